The average Bonchev–Trinajstić information content (AvgIpc) is 2.34. The Bertz CT molecular complexity index is 344. The van der Waals surface area contributed by atoms with Crippen LogP contribution in [-0.4, -0.2) is 23.7 Å². The molecule has 0 heterocycles. The Morgan fingerprint density at radius 2 is 2.24 bits per heavy atom. The maximum Gasteiger partial charge on any atom is 0.165 e. The molecule has 0 saturated heterocycles. The Kier molecular flexibility index (Phi) is 6.37. The molecule has 0 aliphatic heterocycles. The third-order valence-corrected chi connectivity index (χ3v) is 3.61. The van der Waals surface area contributed by atoms with Crippen molar-refractivity contribution in [2.45, 2.75) is 25.9 Å². The second-order valence-electron chi connectivity index (χ2n) is 3.84. The average molecular weight is 258 g/mol. The first-order chi connectivity index (χ1) is 8.19. The fourth-order valence-electron chi connectivity index (χ4n) is 1.43. The standard InChI is InChI=1S/C13H19FO2S/c1-3-4-7-17-9-12(15)10-5-6-13(16-2)11(14)8-10/h5-6,8,12,15H,3-4,7,9H2,1-2H3. The number of unbranched alkanes of at least 4 members (excludes halogenated alkanes) is 1. The summed E-state index contributed by atoms with van der Waals surface area (Å²) < 4.78 is 18.2. The van der Waals surface area contributed by atoms with Crippen LogP contribution < -0.4 is 4.74 Å². The molecule has 1 aromatic rings. The molecule has 0 radical (unpaired) electrons. The van der Waals surface area contributed by atoms with Gasteiger partial charge in [0.2, 0.25) is 0 Å². The highest BCUT2D eigenvalue weighted by atomic mass is 32.2. The lowest BCUT2D eigenvalue weighted by Crippen LogP contribution is -2.02. The van der Waals surface area contributed by atoms with Crippen molar-refractivity contribution < 1.29 is 14.2 Å². The first-order valence-electron chi connectivity index (χ1n) is 5.78. The smallest absolute Gasteiger partial charge is 0.165 e. The van der Waals surface area contributed by atoms with Gasteiger partial charge in [-0.05, 0) is 29.9 Å². The number of hydrogen-bond acceptors (Lipinski definition) is 3. The summed E-state index contributed by atoms with van der Waals surface area (Å²) in [5, 5.41) is 9.88. The van der Waals surface area contributed by atoms with Crippen LogP contribution in [0, 0.1) is 5.82 Å². The van der Waals surface area contributed by atoms with E-state index in [0.717, 1.165) is 18.6 Å². The van der Waals surface area contributed by atoms with Crippen molar-refractivity contribution >= 4 is 11.8 Å². The Labute approximate surface area is 106 Å². The number of aliphatic hydroxyl groups excluding tert-OH is 1. The van der Waals surface area contributed by atoms with Crippen molar-refractivity contribution in [2.24, 2.45) is 0 Å². The molecular weight excluding hydrogens is 239 g/mol. The number of benzene rings is 1. The molecule has 1 unspecified atom stereocenters. The normalized spacial score (nSPS) is 12.5. The lowest BCUT2D eigenvalue weighted by Gasteiger charge is -2.11. The Balaban J connectivity index is 2.51. The van der Waals surface area contributed by atoms with Gasteiger partial charge >= 0.3 is 0 Å². The van der Waals surface area contributed by atoms with Crippen LogP contribution >= 0.6 is 11.8 Å². The van der Waals surface area contributed by atoms with Crippen LogP contribution in [0.25, 0.3) is 0 Å². The lowest BCUT2D eigenvalue weighted by molar-refractivity contribution is 0.203. The second-order valence-corrected chi connectivity index (χ2v) is 4.99. The van der Waals surface area contributed by atoms with Gasteiger partial charge in [0.15, 0.2) is 11.6 Å². The molecule has 0 aromatic heterocycles. The number of ether oxygens (including phenoxy) is 1. The van der Waals surface area contributed by atoms with Crippen LogP contribution in [0.15, 0.2) is 18.2 Å². The molecule has 1 atom stereocenters. The SMILES string of the molecule is CCCCSCC(O)c1ccc(OC)c(F)c1. The van der Waals surface area contributed by atoms with E-state index >= 15 is 0 Å². The van der Waals surface area contributed by atoms with Crippen LogP contribution in [0.5, 0.6) is 5.75 Å². The van der Waals surface area contributed by atoms with E-state index in [1.165, 1.54) is 13.2 Å². The molecule has 0 aliphatic carbocycles. The molecule has 0 amide bonds. The van der Waals surface area contributed by atoms with Crippen LogP contribution in [-0.2, 0) is 0 Å². The summed E-state index contributed by atoms with van der Waals surface area (Å²) in [4.78, 5) is 0. The quantitative estimate of drug-likeness (QED) is 0.760. The van der Waals surface area contributed by atoms with Gasteiger partial charge in [0, 0.05) is 5.75 Å². The van der Waals surface area contributed by atoms with Crippen molar-refractivity contribution in [3.63, 3.8) is 0 Å². The van der Waals surface area contributed by atoms with Crippen molar-refractivity contribution in [2.75, 3.05) is 18.6 Å². The van der Waals surface area contributed by atoms with Gasteiger partial charge in [-0.1, -0.05) is 19.4 Å². The fourth-order valence-corrected chi connectivity index (χ4v) is 2.50. The van der Waals surface area contributed by atoms with E-state index in [-0.39, 0.29) is 5.75 Å². The van der Waals surface area contributed by atoms with Gasteiger partial charge in [-0.15, -0.1) is 0 Å². The fraction of sp³-hybridized carbons (Fsp3) is 0.538. The molecule has 0 aliphatic rings. The molecule has 2 nitrogen and oxygen atoms in total. The van der Waals surface area contributed by atoms with Crippen molar-refractivity contribution in [1.82, 2.24) is 0 Å². The first kappa shape index (κ1) is 14.3. The van der Waals surface area contributed by atoms with E-state index in [1.807, 2.05) is 0 Å². The maximum atomic E-state index is 13.4. The van der Waals surface area contributed by atoms with E-state index in [1.54, 1.807) is 23.9 Å². The van der Waals surface area contributed by atoms with Crippen molar-refractivity contribution in [3.05, 3.63) is 29.6 Å². The summed E-state index contributed by atoms with van der Waals surface area (Å²) in [6, 6.07) is 4.58. The molecule has 1 aromatic carbocycles. The summed E-state index contributed by atoms with van der Waals surface area (Å²) in [6.07, 6.45) is 1.69. The predicted molar refractivity (Wildman–Crippen MR) is 70.1 cm³/mol. The highest BCUT2D eigenvalue weighted by Crippen LogP contribution is 2.24. The van der Waals surface area contributed by atoms with E-state index in [9.17, 15) is 9.50 Å². The molecule has 1 rings (SSSR count). The Hall–Kier alpha value is -0.740. The van der Waals surface area contributed by atoms with Gasteiger partial charge in [0.25, 0.3) is 0 Å². The molecule has 0 saturated carbocycles. The Morgan fingerprint density at radius 1 is 1.47 bits per heavy atom. The first-order valence-corrected chi connectivity index (χ1v) is 6.93. The second kappa shape index (κ2) is 7.56. The number of aliphatic hydroxyl groups is 1. The minimum atomic E-state index is -0.614. The van der Waals surface area contributed by atoms with Crippen LogP contribution in [0.2, 0.25) is 0 Å². The predicted octanol–water partition coefficient (Wildman–Crippen LogP) is 3.40. The van der Waals surface area contributed by atoms with Gasteiger partial charge in [0.05, 0.1) is 13.2 Å². The maximum absolute atomic E-state index is 13.4. The molecule has 4 heteroatoms. The minimum absolute atomic E-state index is 0.208. The van der Waals surface area contributed by atoms with Gasteiger partial charge in [0.1, 0.15) is 0 Å². The van der Waals surface area contributed by atoms with Gasteiger partial charge in [-0.2, -0.15) is 11.8 Å². The molecule has 17 heavy (non-hydrogen) atoms. The molecule has 0 fully saturated rings. The summed E-state index contributed by atoms with van der Waals surface area (Å²) in [5.41, 5.74) is 0.604. The number of methoxy groups -OCH3 is 1. The highest BCUT2D eigenvalue weighted by molar-refractivity contribution is 7.99. The van der Waals surface area contributed by atoms with Gasteiger partial charge < -0.3 is 9.84 Å². The number of rotatable bonds is 7. The van der Waals surface area contributed by atoms with E-state index < -0.39 is 11.9 Å². The molecule has 0 bridgehead atoms. The topological polar surface area (TPSA) is 29.5 Å². The third-order valence-electron chi connectivity index (χ3n) is 2.48. The Morgan fingerprint density at radius 3 is 2.82 bits per heavy atom. The minimum Gasteiger partial charge on any atom is -0.494 e. The molecule has 96 valence electrons. The van der Waals surface area contributed by atoms with Crippen molar-refractivity contribution in [1.29, 1.82) is 0 Å². The van der Waals surface area contributed by atoms with E-state index in [0.29, 0.717) is 11.3 Å². The van der Waals surface area contributed by atoms with E-state index in [4.69, 9.17) is 4.74 Å². The van der Waals surface area contributed by atoms with Crippen LogP contribution in [0.1, 0.15) is 31.4 Å². The van der Waals surface area contributed by atoms with Crippen molar-refractivity contribution in [3.8, 4) is 5.75 Å². The van der Waals surface area contributed by atoms with Crippen LogP contribution in [0.4, 0.5) is 4.39 Å². The van der Waals surface area contributed by atoms with E-state index in [2.05, 4.69) is 6.92 Å². The summed E-state index contributed by atoms with van der Waals surface area (Å²) in [6.45, 7) is 2.13. The molecular formula is C13H19FO2S. The monoisotopic (exact) mass is 258 g/mol. The lowest BCUT2D eigenvalue weighted by atomic mass is 10.1. The number of halogens is 1. The summed E-state index contributed by atoms with van der Waals surface area (Å²) in [5.74, 6) is 1.42. The van der Waals surface area contributed by atoms with Gasteiger partial charge in [-0.3, -0.25) is 0 Å². The zero-order valence-electron chi connectivity index (χ0n) is 10.3. The van der Waals surface area contributed by atoms with Gasteiger partial charge in [-0.25, -0.2) is 4.39 Å². The highest BCUT2D eigenvalue weighted by Gasteiger charge is 2.10. The number of thioether (sulfide) groups is 1. The zero-order chi connectivity index (χ0) is 12.7. The molecule has 1 N–H and O–H groups in total. The van der Waals surface area contributed by atoms with Crippen LogP contribution in [0.3, 0.4) is 0 Å². The largest absolute Gasteiger partial charge is 0.494 e. The molecule has 0 spiro atoms. The zero-order valence-corrected chi connectivity index (χ0v) is 11.1. The summed E-state index contributed by atoms with van der Waals surface area (Å²) in [7, 11) is 1.43. The number of hydrogen-bond donors (Lipinski definition) is 1. The third kappa shape index (κ3) is 4.56. The summed E-state index contributed by atoms with van der Waals surface area (Å²) >= 11 is 1.69.